The van der Waals surface area contributed by atoms with Crippen LogP contribution in [-0.2, 0) is 28.7 Å². The zero-order chi connectivity index (χ0) is 38.9. The van der Waals surface area contributed by atoms with E-state index in [0.717, 1.165) is 18.8 Å². The molecule has 4 heterocycles. The lowest BCUT2D eigenvalue weighted by Gasteiger charge is -2.39. The molecule has 288 valence electrons. The molecule has 1 spiro atoms. The summed E-state index contributed by atoms with van der Waals surface area (Å²) in [7, 11) is 1.71. The molecule has 3 amide bonds. The number of ether oxygens (including phenoxy) is 2. The lowest BCUT2D eigenvalue weighted by molar-refractivity contribution is -0.164. The van der Waals surface area contributed by atoms with Crippen molar-refractivity contribution in [3.05, 3.63) is 120 Å². The van der Waals surface area contributed by atoms with E-state index in [9.17, 15) is 14.7 Å². The van der Waals surface area contributed by atoms with Crippen molar-refractivity contribution in [2.45, 2.75) is 69.5 Å². The molecule has 3 aromatic rings. The number of amides is 3. The number of likely N-dealkylation sites (tertiary alicyclic amines) is 1. The molecule has 8 atom stereocenters. The van der Waals surface area contributed by atoms with E-state index < -0.39 is 72.2 Å². The molecule has 4 aliphatic rings. The van der Waals surface area contributed by atoms with Crippen molar-refractivity contribution in [1.82, 2.24) is 9.80 Å². The Morgan fingerprint density at radius 1 is 0.891 bits per heavy atom. The van der Waals surface area contributed by atoms with Crippen LogP contribution in [0.5, 0.6) is 0 Å². The average Bonchev–Trinajstić information content (AvgIpc) is 3.86. The highest BCUT2D eigenvalue weighted by atomic mass is 16.6. The van der Waals surface area contributed by atoms with Gasteiger partial charge in [-0.3, -0.25) is 19.2 Å². The van der Waals surface area contributed by atoms with Crippen LogP contribution in [0.25, 0.3) is 0 Å². The number of hydrogen-bond donors (Lipinski definition) is 1. The molecule has 55 heavy (non-hydrogen) atoms. The first-order chi connectivity index (χ1) is 26.6. The highest BCUT2D eigenvalue weighted by molar-refractivity contribution is 6.05. The summed E-state index contributed by atoms with van der Waals surface area (Å²) >= 11 is 0. The lowest BCUT2D eigenvalue weighted by atomic mass is 9.74. The molecule has 11 nitrogen and oxygen atoms in total. The quantitative estimate of drug-likeness (QED) is 0.246. The number of allylic oxidation sites excluding steroid dienone is 1. The maximum atomic E-state index is 15.4. The molecule has 0 saturated carbocycles. The van der Waals surface area contributed by atoms with Crippen molar-refractivity contribution in [3.8, 4) is 0 Å². The van der Waals surface area contributed by atoms with Crippen LogP contribution in [-0.4, -0.2) is 95.7 Å². The van der Waals surface area contributed by atoms with Crippen molar-refractivity contribution < 1.29 is 33.8 Å². The van der Waals surface area contributed by atoms with Gasteiger partial charge in [0.15, 0.2) is 0 Å². The molecule has 5 bridgehead atoms. The van der Waals surface area contributed by atoms with Gasteiger partial charge in [0, 0.05) is 44.5 Å². The molecule has 2 fully saturated rings. The maximum absolute atomic E-state index is 15.4. The van der Waals surface area contributed by atoms with Gasteiger partial charge in [0.25, 0.3) is 5.91 Å². The summed E-state index contributed by atoms with van der Waals surface area (Å²) in [5.74, 6) is -3.85. The third-order valence-corrected chi connectivity index (χ3v) is 11.9. The normalized spacial score (nSPS) is 29.4. The highest BCUT2D eigenvalue weighted by Crippen LogP contribution is 2.57. The number of hydrogen-bond acceptors (Lipinski definition) is 8. The Morgan fingerprint density at radius 2 is 1.56 bits per heavy atom. The largest absolute Gasteiger partial charge is 0.455 e. The summed E-state index contributed by atoms with van der Waals surface area (Å²) in [6, 6.07) is 23.4. The number of anilines is 2. The van der Waals surface area contributed by atoms with E-state index in [-0.39, 0.29) is 18.9 Å². The Bertz CT molecular complexity index is 1930. The van der Waals surface area contributed by atoms with E-state index in [0.29, 0.717) is 23.2 Å². The standard InChI is InChI=1S/C44H50N4O7/c1-5-46(6-2)32-21-23-33(24-22-32)47-27-15-9-14-20-36(50)45(4)29(3)39(31-18-12-8-13-19-31)54-43(53)37-35-25-26-44(55-35)38(37)41(51)48(40(44)42(47)52)34(28-49)30-16-10-7-11-17-30/h7-13,15-19,21-26,29,34-35,37-40,49H,5-6,14,20,27-28H2,1-4H3/b15-9-/t29-,34+,35+,37-,38-,39+,40+,44-/m0/s1. The van der Waals surface area contributed by atoms with Crippen LogP contribution >= 0.6 is 0 Å². The van der Waals surface area contributed by atoms with E-state index in [1.54, 1.807) is 29.0 Å². The predicted octanol–water partition coefficient (Wildman–Crippen LogP) is 5.23. The van der Waals surface area contributed by atoms with Gasteiger partial charge >= 0.3 is 5.97 Å². The minimum atomic E-state index is -1.51. The molecule has 4 aliphatic heterocycles. The summed E-state index contributed by atoms with van der Waals surface area (Å²) < 4.78 is 13.1. The number of esters is 1. The Hall–Kier alpha value is -5.26. The van der Waals surface area contributed by atoms with Crippen molar-refractivity contribution in [3.63, 3.8) is 0 Å². The van der Waals surface area contributed by atoms with Crippen LogP contribution in [0.1, 0.15) is 56.9 Å². The molecule has 1 N–H and O–H groups in total. The fourth-order valence-electron chi connectivity index (χ4n) is 8.83. The molecule has 0 radical (unpaired) electrons. The molecule has 0 aromatic heterocycles. The van der Waals surface area contributed by atoms with Gasteiger partial charge in [0.1, 0.15) is 23.7 Å². The first kappa shape index (κ1) is 38.0. The van der Waals surface area contributed by atoms with Crippen molar-refractivity contribution in [2.24, 2.45) is 11.8 Å². The van der Waals surface area contributed by atoms with Gasteiger partial charge in [0.2, 0.25) is 11.8 Å². The van der Waals surface area contributed by atoms with Gasteiger partial charge in [-0.2, -0.15) is 0 Å². The monoisotopic (exact) mass is 746 g/mol. The SMILES string of the molecule is CCN(CC)c1ccc(N2C/C=C\CCC(=O)N(C)[C@@H](C)[C@H](c3ccccc3)OC(=O)[C@@H]3[C@H]4C(=O)N([C@H](CO)c5ccccc5)[C@H](C2=O)[C@]42C=C[C@H]3O2)cc1. The van der Waals surface area contributed by atoms with Gasteiger partial charge in [0.05, 0.1) is 30.7 Å². The minimum absolute atomic E-state index is 0.121. The van der Waals surface area contributed by atoms with Crippen molar-refractivity contribution in [2.75, 3.05) is 43.1 Å². The summed E-state index contributed by atoms with van der Waals surface area (Å²) in [5.41, 5.74) is 1.46. The fourth-order valence-corrected chi connectivity index (χ4v) is 8.83. The Labute approximate surface area is 322 Å². The number of rotatable bonds is 8. The molecular weight excluding hydrogens is 697 g/mol. The second-order valence-electron chi connectivity index (χ2n) is 14.7. The van der Waals surface area contributed by atoms with Crippen molar-refractivity contribution >= 4 is 35.1 Å². The second-order valence-corrected chi connectivity index (χ2v) is 14.7. The number of carbonyl (C=O) groups excluding carboxylic acids is 4. The fraction of sp³-hybridized carbons (Fsp3) is 0.409. The summed E-state index contributed by atoms with van der Waals surface area (Å²) in [4.78, 5) is 65.5. The Morgan fingerprint density at radius 3 is 2.22 bits per heavy atom. The van der Waals surface area contributed by atoms with E-state index in [1.165, 1.54) is 4.90 Å². The first-order valence-electron chi connectivity index (χ1n) is 19.3. The summed E-state index contributed by atoms with van der Waals surface area (Å²) in [6.07, 6.45) is 6.24. The summed E-state index contributed by atoms with van der Waals surface area (Å²) in [6.45, 7) is 7.34. The molecular formula is C44H50N4O7. The number of aliphatic hydroxyl groups is 1. The maximum Gasteiger partial charge on any atom is 0.313 e. The number of benzene rings is 3. The van der Waals surface area contributed by atoms with Crippen LogP contribution in [0.2, 0.25) is 0 Å². The number of fused-ring (bicyclic) bond motifs is 2. The second kappa shape index (κ2) is 15.8. The molecule has 0 aliphatic carbocycles. The van der Waals surface area contributed by atoms with E-state index in [2.05, 4.69) is 18.7 Å². The van der Waals surface area contributed by atoms with Gasteiger partial charge < -0.3 is 34.2 Å². The van der Waals surface area contributed by atoms with E-state index >= 15 is 9.59 Å². The molecule has 0 unspecified atom stereocenters. The van der Waals surface area contributed by atoms with E-state index in [4.69, 9.17) is 9.47 Å². The zero-order valence-electron chi connectivity index (χ0n) is 31.9. The minimum Gasteiger partial charge on any atom is -0.455 e. The van der Waals surface area contributed by atoms with Gasteiger partial charge in [-0.15, -0.1) is 0 Å². The lowest BCUT2D eigenvalue weighted by Crippen LogP contribution is -2.57. The zero-order valence-corrected chi connectivity index (χ0v) is 31.9. The topological polar surface area (TPSA) is 120 Å². The predicted molar refractivity (Wildman–Crippen MR) is 209 cm³/mol. The third-order valence-electron chi connectivity index (χ3n) is 11.9. The highest BCUT2D eigenvalue weighted by Gasteiger charge is 2.74. The summed E-state index contributed by atoms with van der Waals surface area (Å²) in [5, 5.41) is 11.0. The van der Waals surface area contributed by atoms with E-state index in [1.807, 2.05) is 104 Å². The molecule has 2 saturated heterocycles. The first-order valence-corrected chi connectivity index (χ1v) is 19.3. The molecule has 7 rings (SSSR count). The third kappa shape index (κ3) is 6.73. The number of aliphatic hydroxyl groups excluding tert-OH is 1. The van der Waals surface area contributed by atoms with Crippen LogP contribution in [0.4, 0.5) is 11.4 Å². The molecule has 11 heteroatoms. The van der Waals surface area contributed by atoms with Crippen LogP contribution in [0.3, 0.4) is 0 Å². The number of likely N-dealkylation sites (N-methyl/N-ethyl adjacent to an activating group) is 1. The number of nitrogens with zero attached hydrogens (tertiary/aromatic N) is 4. The smallest absolute Gasteiger partial charge is 0.313 e. The Balaban J connectivity index is 1.37. The number of carbonyl (C=O) groups is 4. The van der Waals surface area contributed by atoms with Crippen molar-refractivity contribution in [1.29, 1.82) is 0 Å². The van der Waals surface area contributed by atoms with Crippen LogP contribution in [0.15, 0.2) is 109 Å². The average molecular weight is 747 g/mol. The van der Waals surface area contributed by atoms with Crippen LogP contribution < -0.4 is 9.80 Å². The van der Waals surface area contributed by atoms with Gasteiger partial charge in [-0.25, -0.2) is 0 Å². The van der Waals surface area contributed by atoms with Gasteiger partial charge in [-0.1, -0.05) is 85.0 Å². The van der Waals surface area contributed by atoms with Crippen LogP contribution in [0, 0.1) is 11.8 Å². The Kier molecular flexibility index (Phi) is 11.0. The van der Waals surface area contributed by atoms with Gasteiger partial charge in [-0.05, 0) is 62.6 Å². The molecule has 3 aromatic carbocycles. The number of cyclic esters (lactones) is 1.